The Labute approximate surface area is 128 Å². The number of nitrogens with zero attached hydrogens (tertiary/aromatic N) is 1. The first-order valence-electron chi connectivity index (χ1n) is 7.73. The van der Waals surface area contributed by atoms with Gasteiger partial charge in [-0.1, -0.05) is 19.8 Å². The molecule has 5 heteroatoms. The van der Waals surface area contributed by atoms with Crippen LogP contribution in [0.4, 0.5) is 5.69 Å². The van der Waals surface area contributed by atoms with Gasteiger partial charge in [-0.3, -0.25) is 0 Å². The van der Waals surface area contributed by atoms with Gasteiger partial charge in [0.1, 0.15) is 0 Å². The molecule has 0 radical (unpaired) electrons. The standard InChI is InChI=1S/C16H26N2O2S/c1-4-5-14-6-8-18(9-7-14)21(19,20)16-11-12(2)10-15(17)13(16)3/h10-11,14H,4-9,17H2,1-3H3. The van der Waals surface area contributed by atoms with Crippen molar-refractivity contribution in [1.82, 2.24) is 4.31 Å². The molecule has 0 bridgehead atoms. The molecule has 0 amide bonds. The number of piperidine rings is 1. The molecule has 0 saturated carbocycles. The van der Waals surface area contributed by atoms with Gasteiger partial charge in [0.05, 0.1) is 4.90 Å². The highest BCUT2D eigenvalue weighted by Crippen LogP contribution is 2.30. The van der Waals surface area contributed by atoms with Crippen molar-refractivity contribution >= 4 is 15.7 Å². The molecule has 2 N–H and O–H groups in total. The molecule has 1 aromatic rings. The molecule has 0 aromatic heterocycles. The maximum Gasteiger partial charge on any atom is 0.243 e. The van der Waals surface area contributed by atoms with Gasteiger partial charge in [0.15, 0.2) is 0 Å². The normalized spacial score (nSPS) is 18.0. The van der Waals surface area contributed by atoms with Crippen molar-refractivity contribution in [3.8, 4) is 0 Å². The van der Waals surface area contributed by atoms with E-state index in [0.717, 1.165) is 18.4 Å². The van der Waals surface area contributed by atoms with Crippen LogP contribution in [-0.4, -0.2) is 25.8 Å². The summed E-state index contributed by atoms with van der Waals surface area (Å²) >= 11 is 0. The third-order valence-electron chi connectivity index (χ3n) is 4.43. The van der Waals surface area contributed by atoms with Crippen LogP contribution in [0.2, 0.25) is 0 Å². The smallest absolute Gasteiger partial charge is 0.243 e. The van der Waals surface area contributed by atoms with Crippen LogP contribution in [0.15, 0.2) is 17.0 Å². The fourth-order valence-electron chi connectivity index (χ4n) is 3.11. The highest BCUT2D eigenvalue weighted by atomic mass is 32.2. The fraction of sp³-hybridized carbons (Fsp3) is 0.625. The number of hydrogen-bond donors (Lipinski definition) is 1. The van der Waals surface area contributed by atoms with E-state index in [4.69, 9.17) is 5.73 Å². The molecule has 21 heavy (non-hydrogen) atoms. The van der Waals surface area contributed by atoms with Crippen molar-refractivity contribution in [2.45, 2.75) is 51.3 Å². The minimum atomic E-state index is -3.42. The Morgan fingerprint density at radius 2 is 1.86 bits per heavy atom. The van der Waals surface area contributed by atoms with Gasteiger partial charge in [0.2, 0.25) is 10.0 Å². The van der Waals surface area contributed by atoms with Gasteiger partial charge < -0.3 is 5.73 Å². The second kappa shape index (κ2) is 6.36. The van der Waals surface area contributed by atoms with E-state index < -0.39 is 10.0 Å². The number of nitrogens with two attached hydrogens (primary N) is 1. The van der Waals surface area contributed by atoms with Crippen LogP contribution in [0.25, 0.3) is 0 Å². The molecule has 2 rings (SSSR count). The maximum absolute atomic E-state index is 12.8. The molecule has 0 aliphatic carbocycles. The topological polar surface area (TPSA) is 63.4 Å². The summed E-state index contributed by atoms with van der Waals surface area (Å²) in [5.41, 5.74) is 8.03. The average Bonchev–Trinajstić information content (AvgIpc) is 2.43. The van der Waals surface area contributed by atoms with Crippen LogP contribution in [-0.2, 0) is 10.0 Å². The highest BCUT2D eigenvalue weighted by Gasteiger charge is 2.30. The molecule has 0 atom stereocenters. The SMILES string of the molecule is CCCC1CCN(S(=O)(=O)c2cc(C)cc(N)c2C)CC1. The third kappa shape index (κ3) is 3.40. The summed E-state index contributed by atoms with van der Waals surface area (Å²) in [5.74, 6) is 0.671. The monoisotopic (exact) mass is 310 g/mol. The molecule has 0 unspecified atom stereocenters. The summed E-state index contributed by atoms with van der Waals surface area (Å²) in [6.45, 7) is 7.09. The van der Waals surface area contributed by atoms with Crippen LogP contribution in [0.5, 0.6) is 0 Å². The Balaban J connectivity index is 2.24. The fourth-order valence-corrected chi connectivity index (χ4v) is 4.92. The second-order valence-corrected chi connectivity index (χ2v) is 8.02. The molecular weight excluding hydrogens is 284 g/mol. The van der Waals surface area contributed by atoms with Gasteiger partial charge in [-0.05, 0) is 55.9 Å². The van der Waals surface area contributed by atoms with Crippen molar-refractivity contribution in [2.24, 2.45) is 5.92 Å². The van der Waals surface area contributed by atoms with Crippen molar-refractivity contribution in [3.63, 3.8) is 0 Å². The largest absolute Gasteiger partial charge is 0.398 e. The number of anilines is 1. The van der Waals surface area contributed by atoms with Gasteiger partial charge >= 0.3 is 0 Å². The van der Waals surface area contributed by atoms with E-state index in [-0.39, 0.29) is 0 Å². The van der Waals surface area contributed by atoms with Gasteiger partial charge in [-0.15, -0.1) is 0 Å². The van der Waals surface area contributed by atoms with E-state index >= 15 is 0 Å². The van der Waals surface area contributed by atoms with Crippen molar-refractivity contribution < 1.29 is 8.42 Å². The Hall–Kier alpha value is -1.07. The van der Waals surface area contributed by atoms with Crippen LogP contribution < -0.4 is 5.73 Å². The summed E-state index contributed by atoms with van der Waals surface area (Å²) < 4.78 is 27.3. The van der Waals surface area contributed by atoms with Crippen LogP contribution in [0, 0.1) is 19.8 Å². The van der Waals surface area contributed by atoms with Crippen molar-refractivity contribution in [3.05, 3.63) is 23.3 Å². The summed E-state index contributed by atoms with van der Waals surface area (Å²) in [4.78, 5) is 0.369. The number of benzene rings is 1. The van der Waals surface area contributed by atoms with Gasteiger partial charge in [-0.25, -0.2) is 8.42 Å². The van der Waals surface area contributed by atoms with Crippen molar-refractivity contribution in [1.29, 1.82) is 0 Å². The lowest BCUT2D eigenvalue weighted by Gasteiger charge is -2.31. The molecule has 1 aliphatic heterocycles. The van der Waals surface area contributed by atoms with Crippen LogP contribution in [0.1, 0.15) is 43.7 Å². The third-order valence-corrected chi connectivity index (χ3v) is 6.46. The molecule has 4 nitrogen and oxygen atoms in total. The van der Waals surface area contributed by atoms with E-state index in [2.05, 4.69) is 6.92 Å². The van der Waals surface area contributed by atoms with Crippen LogP contribution >= 0.6 is 0 Å². The highest BCUT2D eigenvalue weighted by molar-refractivity contribution is 7.89. The lowest BCUT2D eigenvalue weighted by atomic mass is 9.94. The number of hydrogen-bond acceptors (Lipinski definition) is 3. The summed E-state index contributed by atoms with van der Waals surface area (Å²) in [6.07, 6.45) is 4.30. The van der Waals surface area contributed by atoms with E-state index in [9.17, 15) is 8.42 Å². The van der Waals surface area contributed by atoms with E-state index in [1.807, 2.05) is 13.0 Å². The zero-order chi connectivity index (χ0) is 15.6. The number of nitrogen functional groups attached to an aromatic ring is 1. The van der Waals surface area contributed by atoms with Gasteiger partial charge in [0, 0.05) is 18.8 Å². The molecule has 1 heterocycles. The first-order valence-corrected chi connectivity index (χ1v) is 9.17. The zero-order valence-electron chi connectivity index (χ0n) is 13.2. The quantitative estimate of drug-likeness (QED) is 0.869. The van der Waals surface area contributed by atoms with E-state index in [1.165, 1.54) is 12.8 Å². The number of rotatable bonds is 4. The summed E-state index contributed by atoms with van der Waals surface area (Å²) in [7, 11) is -3.42. The molecule has 1 aromatic carbocycles. The summed E-state index contributed by atoms with van der Waals surface area (Å²) in [5, 5.41) is 0. The second-order valence-electron chi connectivity index (χ2n) is 6.11. The molecule has 118 valence electrons. The Kier molecular flexibility index (Phi) is 4.94. The predicted octanol–water partition coefficient (Wildman–Crippen LogP) is 3.09. The first kappa shape index (κ1) is 16.3. The average molecular weight is 310 g/mol. The number of aryl methyl sites for hydroxylation is 1. The zero-order valence-corrected chi connectivity index (χ0v) is 14.0. The molecule has 1 fully saturated rings. The predicted molar refractivity (Wildman–Crippen MR) is 86.7 cm³/mol. The minimum absolute atomic E-state index is 0.369. The van der Waals surface area contributed by atoms with Crippen LogP contribution in [0.3, 0.4) is 0 Å². The van der Waals surface area contributed by atoms with Crippen molar-refractivity contribution in [2.75, 3.05) is 18.8 Å². The molecule has 1 saturated heterocycles. The Bertz CT molecular complexity index is 603. The first-order chi connectivity index (χ1) is 9.86. The maximum atomic E-state index is 12.8. The lowest BCUT2D eigenvalue weighted by molar-refractivity contribution is 0.262. The molecular formula is C16H26N2O2S. The Morgan fingerprint density at radius 1 is 1.24 bits per heavy atom. The lowest BCUT2D eigenvalue weighted by Crippen LogP contribution is -2.38. The Morgan fingerprint density at radius 3 is 2.43 bits per heavy atom. The number of sulfonamides is 1. The molecule has 1 aliphatic rings. The van der Waals surface area contributed by atoms with E-state index in [0.29, 0.717) is 35.2 Å². The van der Waals surface area contributed by atoms with Gasteiger partial charge in [-0.2, -0.15) is 4.31 Å². The van der Waals surface area contributed by atoms with Gasteiger partial charge in [0.25, 0.3) is 0 Å². The minimum Gasteiger partial charge on any atom is -0.398 e. The molecule has 0 spiro atoms. The summed E-state index contributed by atoms with van der Waals surface area (Å²) in [6, 6.07) is 3.56. The van der Waals surface area contributed by atoms with E-state index in [1.54, 1.807) is 17.3 Å².